The molecule has 0 unspecified atom stereocenters. The van der Waals surface area contributed by atoms with Crippen LogP contribution >= 0.6 is 0 Å². The van der Waals surface area contributed by atoms with Gasteiger partial charge in [0.25, 0.3) is 5.69 Å². The molecule has 2 aromatic carbocycles. The van der Waals surface area contributed by atoms with Crippen molar-refractivity contribution in [2.45, 2.75) is 13.8 Å². The number of phenolic OH excluding ortho intramolecular Hbond substituents is 1. The van der Waals surface area contributed by atoms with E-state index >= 15 is 0 Å². The van der Waals surface area contributed by atoms with Gasteiger partial charge < -0.3 is 20.3 Å². The highest BCUT2D eigenvalue weighted by Crippen LogP contribution is 2.30. The summed E-state index contributed by atoms with van der Waals surface area (Å²) in [6.45, 7) is 7.42. The average molecular weight is 370 g/mol. The maximum atomic E-state index is 13.0. The van der Waals surface area contributed by atoms with E-state index in [0.29, 0.717) is 23.1 Å². The zero-order valence-corrected chi connectivity index (χ0v) is 15.3. The second kappa shape index (κ2) is 7.63. The summed E-state index contributed by atoms with van der Waals surface area (Å²) in [5, 5.41) is 25.0. The van der Waals surface area contributed by atoms with Crippen molar-refractivity contribution in [3.63, 3.8) is 0 Å². The fourth-order valence-electron chi connectivity index (χ4n) is 3.25. The number of fused-ring (bicyclic) bond motifs is 2. The van der Waals surface area contributed by atoms with Crippen molar-refractivity contribution in [3.05, 3.63) is 50.7 Å². The minimum atomic E-state index is -0.521. The summed E-state index contributed by atoms with van der Waals surface area (Å²) >= 11 is 0. The average Bonchev–Trinajstić information content (AvgIpc) is 2.64. The molecule has 0 amide bonds. The summed E-state index contributed by atoms with van der Waals surface area (Å²) in [5.41, 5.74) is 0.570. The van der Waals surface area contributed by atoms with Crippen molar-refractivity contribution in [2.24, 2.45) is 0 Å². The molecule has 3 rings (SSSR count). The van der Waals surface area contributed by atoms with Crippen LogP contribution < -0.4 is 10.7 Å². The first kappa shape index (κ1) is 18.7. The zero-order valence-electron chi connectivity index (χ0n) is 15.3. The smallest absolute Gasteiger partial charge is 0.293 e. The number of non-ortho nitro benzene ring substituents is 1. The molecule has 8 nitrogen and oxygen atoms in total. The first-order chi connectivity index (χ1) is 13.0. The minimum absolute atomic E-state index is 0.0198. The van der Waals surface area contributed by atoms with Crippen molar-refractivity contribution < 1.29 is 10.0 Å². The first-order valence-electron chi connectivity index (χ1n) is 8.88. The van der Waals surface area contributed by atoms with E-state index in [0.717, 1.165) is 19.6 Å². The number of anilines is 1. The van der Waals surface area contributed by atoms with Crippen LogP contribution in [0.15, 0.2) is 35.1 Å². The second-order valence-corrected chi connectivity index (χ2v) is 6.28. The Morgan fingerprint density at radius 3 is 2.63 bits per heavy atom. The van der Waals surface area contributed by atoms with E-state index in [-0.39, 0.29) is 27.8 Å². The number of nitrogens with zero attached hydrogens (tertiary/aromatic N) is 2. The molecule has 1 heterocycles. The van der Waals surface area contributed by atoms with Gasteiger partial charge in [-0.05, 0) is 31.3 Å². The SMILES string of the molecule is CCN(CC)CCNc1ccc([N+](=O)[O-])c2[nH]c3cc(O)ccc3c(=O)c12. The Morgan fingerprint density at radius 1 is 1.22 bits per heavy atom. The molecule has 142 valence electrons. The quantitative estimate of drug-likeness (QED) is 0.335. The van der Waals surface area contributed by atoms with E-state index in [1.807, 2.05) is 0 Å². The molecule has 3 aromatic rings. The number of likely N-dealkylation sites (N-methyl/N-ethyl adjacent to an activating group) is 1. The van der Waals surface area contributed by atoms with E-state index in [2.05, 4.69) is 29.0 Å². The third-order valence-electron chi connectivity index (χ3n) is 4.75. The highest BCUT2D eigenvalue weighted by molar-refractivity contribution is 6.03. The van der Waals surface area contributed by atoms with Crippen LogP contribution in [0.5, 0.6) is 5.75 Å². The van der Waals surface area contributed by atoms with E-state index in [4.69, 9.17) is 0 Å². The van der Waals surface area contributed by atoms with Gasteiger partial charge in [-0.2, -0.15) is 0 Å². The molecule has 0 bridgehead atoms. The fraction of sp³-hybridized carbons (Fsp3) is 0.316. The van der Waals surface area contributed by atoms with Crippen LogP contribution in [-0.2, 0) is 0 Å². The number of aromatic hydroxyl groups is 1. The van der Waals surface area contributed by atoms with Crippen LogP contribution in [0.2, 0.25) is 0 Å². The van der Waals surface area contributed by atoms with Gasteiger partial charge in [0, 0.05) is 36.3 Å². The number of rotatable bonds is 7. The van der Waals surface area contributed by atoms with E-state index in [1.165, 1.54) is 24.3 Å². The molecule has 0 atom stereocenters. The van der Waals surface area contributed by atoms with Gasteiger partial charge >= 0.3 is 0 Å². The molecule has 0 spiro atoms. The van der Waals surface area contributed by atoms with Crippen molar-refractivity contribution in [1.82, 2.24) is 9.88 Å². The molecule has 0 fully saturated rings. The Hall–Kier alpha value is -3.13. The van der Waals surface area contributed by atoms with Crippen molar-refractivity contribution in [3.8, 4) is 5.75 Å². The summed E-state index contributed by atoms with van der Waals surface area (Å²) in [5.74, 6) is -0.0198. The summed E-state index contributed by atoms with van der Waals surface area (Å²) < 4.78 is 0. The lowest BCUT2D eigenvalue weighted by atomic mass is 10.1. The second-order valence-electron chi connectivity index (χ2n) is 6.28. The molecule has 1 aromatic heterocycles. The monoisotopic (exact) mass is 370 g/mol. The fourth-order valence-corrected chi connectivity index (χ4v) is 3.25. The van der Waals surface area contributed by atoms with Crippen molar-refractivity contribution in [2.75, 3.05) is 31.5 Å². The number of phenols is 1. The molecule has 3 N–H and O–H groups in total. The predicted octanol–water partition coefficient (Wildman–Crippen LogP) is 3.05. The third-order valence-corrected chi connectivity index (χ3v) is 4.75. The number of pyridine rings is 1. The largest absolute Gasteiger partial charge is 0.508 e. The van der Waals surface area contributed by atoms with Gasteiger partial charge in [-0.15, -0.1) is 0 Å². The molecule has 8 heteroatoms. The van der Waals surface area contributed by atoms with Gasteiger partial charge in [-0.3, -0.25) is 14.9 Å². The summed E-state index contributed by atoms with van der Waals surface area (Å²) in [7, 11) is 0. The lowest BCUT2D eigenvalue weighted by Crippen LogP contribution is -2.28. The number of nitrogens with one attached hydrogen (secondary N) is 2. The first-order valence-corrected chi connectivity index (χ1v) is 8.88. The van der Waals surface area contributed by atoms with Crippen LogP contribution in [0.25, 0.3) is 21.8 Å². The van der Waals surface area contributed by atoms with E-state index < -0.39 is 4.92 Å². The number of aromatic amines is 1. The lowest BCUT2D eigenvalue weighted by Gasteiger charge is -2.19. The standard InChI is InChI=1S/C19H22N4O4/c1-3-22(4-2)10-9-20-14-7-8-16(23(26)27)18-17(14)19(25)13-6-5-12(24)11-15(13)21-18/h5-8,11,20,24H,3-4,9-10H2,1-2H3,(H,21,25). The lowest BCUT2D eigenvalue weighted by molar-refractivity contribution is -0.383. The van der Waals surface area contributed by atoms with Gasteiger partial charge in [-0.1, -0.05) is 13.8 Å². The number of aromatic nitrogens is 1. The highest BCUT2D eigenvalue weighted by Gasteiger charge is 2.19. The minimum Gasteiger partial charge on any atom is -0.508 e. The van der Waals surface area contributed by atoms with Gasteiger partial charge in [-0.25, -0.2) is 0 Å². The Balaban J connectivity index is 2.15. The number of hydrogen-bond donors (Lipinski definition) is 3. The number of hydrogen-bond acceptors (Lipinski definition) is 6. The van der Waals surface area contributed by atoms with E-state index in [1.54, 1.807) is 6.07 Å². The van der Waals surface area contributed by atoms with Crippen LogP contribution in [0.1, 0.15) is 13.8 Å². The van der Waals surface area contributed by atoms with Gasteiger partial charge in [0.05, 0.1) is 15.8 Å². The highest BCUT2D eigenvalue weighted by atomic mass is 16.6. The summed E-state index contributed by atoms with van der Waals surface area (Å²) in [6.07, 6.45) is 0. The Kier molecular flexibility index (Phi) is 5.27. The molecule has 0 radical (unpaired) electrons. The molecule has 0 aliphatic carbocycles. The van der Waals surface area contributed by atoms with Crippen molar-refractivity contribution in [1.29, 1.82) is 0 Å². The Morgan fingerprint density at radius 2 is 1.96 bits per heavy atom. The van der Waals surface area contributed by atoms with Crippen LogP contribution in [-0.4, -0.2) is 46.1 Å². The van der Waals surface area contributed by atoms with Crippen molar-refractivity contribution >= 4 is 33.2 Å². The molecule has 0 saturated carbocycles. The van der Waals surface area contributed by atoms with E-state index in [9.17, 15) is 20.0 Å². The topological polar surface area (TPSA) is 112 Å². The van der Waals surface area contributed by atoms with Crippen LogP contribution in [0.3, 0.4) is 0 Å². The summed E-state index contributed by atoms with van der Waals surface area (Å²) in [4.78, 5) is 29.1. The molecular weight excluding hydrogens is 348 g/mol. The van der Waals surface area contributed by atoms with Gasteiger partial charge in [0.15, 0.2) is 5.43 Å². The molecular formula is C19H22N4O4. The molecule has 27 heavy (non-hydrogen) atoms. The van der Waals surface area contributed by atoms with Crippen LogP contribution in [0.4, 0.5) is 11.4 Å². The molecule has 0 saturated heterocycles. The Bertz CT molecular complexity index is 1060. The van der Waals surface area contributed by atoms with Gasteiger partial charge in [0.2, 0.25) is 0 Å². The normalized spacial score (nSPS) is 11.4. The molecule has 0 aliphatic rings. The number of H-pyrrole nitrogens is 1. The maximum absolute atomic E-state index is 13.0. The maximum Gasteiger partial charge on any atom is 0.293 e. The van der Waals surface area contributed by atoms with Crippen LogP contribution in [0, 0.1) is 10.1 Å². The molecule has 0 aliphatic heterocycles. The zero-order chi connectivity index (χ0) is 19.6. The predicted molar refractivity (Wildman–Crippen MR) is 107 cm³/mol. The third kappa shape index (κ3) is 3.56. The number of benzene rings is 2. The number of nitro groups is 1. The number of nitro benzene ring substituents is 1. The Labute approximate surface area is 155 Å². The van der Waals surface area contributed by atoms with Gasteiger partial charge in [0.1, 0.15) is 11.3 Å². The summed E-state index contributed by atoms with van der Waals surface area (Å²) in [6, 6.07) is 7.28.